The third-order valence-corrected chi connectivity index (χ3v) is 2.82. The van der Waals surface area contributed by atoms with E-state index in [1.54, 1.807) is 24.5 Å². The van der Waals surface area contributed by atoms with Crippen LogP contribution in [0.2, 0.25) is 0 Å². The molecule has 4 nitrogen and oxygen atoms in total. The molecule has 84 valence electrons. The summed E-state index contributed by atoms with van der Waals surface area (Å²) >= 11 is 1.25. The standard InChI is InChI=1S/C12H8N2O2S/c1-17-11-9(7-13)12(15)16-10(14-11)8-5-3-2-4-6-8/h2-6H,1H3. The Bertz CT molecular complexity index is 629. The van der Waals surface area contributed by atoms with Crippen molar-refractivity contribution in [1.29, 1.82) is 5.26 Å². The predicted octanol–water partition coefficient (Wildman–Crippen LogP) is 2.30. The van der Waals surface area contributed by atoms with Crippen molar-refractivity contribution < 1.29 is 4.42 Å². The first-order valence-electron chi connectivity index (χ1n) is 4.81. The number of nitriles is 1. The smallest absolute Gasteiger partial charge is 0.358 e. The second kappa shape index (κ2) is 4.85. The van der Waals surface area contributed by atoms with Crippen molar-refractivity contribution >= 4 is 11.8 Å². The summed E-state index contributed by atoms with van der Waals surface area (Å²) in [4.78, 5) is 15.7. The molecule has 1 heterocycles. The Balaban J connectivity index is 2.64. The van der Waals surface area contributed by atoms with Crippen LogP contribution in [0.5, 0.6) is 0 Å². The average Bonchev–Trinajstić information content (AvgIpc) is 2.38. The van der Waals surface area contributed by atoms with Gasteiger partial charge in [0.1, 0.15) is 11.1 Å². The molecule has 5 heteroatoms. The molecule has 0 N–H and O–H groups in total. The van der Waals surface area contributed by atoms with Crippen LogP contribution in [-0.2, 0) is 0 Å². The van der Waals surface area contributed by atoms with Gasteiger partial charge in [-0.3, -0.25) is 0 Å². The SMILES string of the molecule is CSc1nc(-c2ccccc2)oc(=O)c1C#N. The first kappa shape index (κ1) is 11.4. The number of nitrogens with zero attached hydrogens (tertiary/aromatic N) is 2. The van der Waals surface area contributed by atoms with Crippen LogP contribution in [0.3, 0.4) is 0 Å². The first-order chi connectivity index (χ1) is 8.26. The van der Waals surface area contributed by atoms with Gasteiger partial charge in [0.15, 0.2) is 5.56 Å². The van der Waals surface area contributed by atoms with Crippen molar-refractivity contribution in [3.63, 3.8) is 0 Å². The third-order valence-electron chi connectivity index (χ3n) is 2.14. The number of hydrogen-bond donors (Lipinski definition) is 0. The lowest BCUT2D eigenvalue weighted by molar-refractivity contribution is 0.495. The molecular weight excluding hydrogens is 236 g/mol. The van der Waals surface area contributed by atoms with Gasteiger partial charge >= 0.3 is 5.63 Å². The van der Waals surface area contributed by atoms with E-state index in [0.717, 1.165) is 0 Å². The average molecular weight is 244 g/mol. The summed E-state index contributed by atoms with van der Waals surface area (Å²) in [6.07, 6.45) is 1.76. The van der Waals surface area contributed by atoms with Gasteiger partial charge in [0.05, 0.1) is 0 Å². The number of aromatic nitrogens is 1. The number of hydrogen-bond acceptors (Lipinski definition) is 5. The zero-order chi connectivity index (χ0) is 12.3. The molecule has 0 bridgehead atoms. The molecule has 0 fully saturated rings. The maximum Gasteiger partial charge on any atom is 0.358 e. The van der Waals surface area contributed by atoms with Gasteiger partial charge in [0.25, 0.3) is 0 Å². The summed E-state index contributed by atoms with van der Waals surface area (Å²) in [5, 5.41) is 9.22. The minimum absolute atomic E-state index is 0.0443. The van der Waals surface area contributed by atoms with Crippen LogP contribution in [0.4, 0.5) is 0 Å². The Labute approximate surface area is 102 Å². The second-order valence-electron chi connectivity index (χ2n) is 3.17. The van der Waals surface area contributed by atoms with E-state index in [1.165, 1.54) is 11.8 Å². The monoisotopic (exact) mass is 244 g/mol. The van der Waals surface area contributed by atoms with Crippen LogP contribution in [0.15, 0.2) is 44.6 Å². The van der Waals surface area contributed by atoms with Crippen LogP contribution in [0, 0.1) is 11.3 Å². The Hall–Kier alpha value is -2.06. The molecule has 17 heavy (non-hydrogen) atoms. The van der Waals surface area contributed by atoms with Crippen molar-refractivity contribution in [2.24, 2.45) is 0 Å². The Morgan fingerprint density at radius 1 is 1.35 bits per heavy atom. The lowest BCUT2D eigenvalue weighted by Gasteiger charge is -2.02. The zero-order valence-electron chi connectivity index (χ0n) is 9.01. The van der Waals surface area contributed by atoms with Gasteiger partial charge in [0, 0.05) is 5.56 Å². The Morgan fingerprint density at radius 3 is 2.65 bits per heavy atom. The van der Waals surface area contributed by atoms with Crippen molar-refractivity contribution in [2.45, 2.75) is 5.03 Å². The summed E-state index contributed by atoms with van der Waals surface area (Å²) in [5.74, 6) is 0.235. The van der Waals surface area contributed by atoms with E-state index in [-0.39, 0.29) is 11.5 Å². The Morgan fingerprint density at radius 2 is 2.06 bits per heavy atom. The van der Waals surface area contributed by atoms with E-state index in [0.29, 0.717) is 10.6 Å². The van der Waals surface area contributed by atoms with Gasteiger partial charge in [-0.15, -0.1) is 11.8 Å². The lowest BCUT2D eigenvalue weighted by atomic mass is 10.2. The fourth-order valence-electron chi connectivity index (χ4n) is 1.34. The summed E-state index contributed by atoms with van der Waals surface area (Å²) in [5.41, 5.74) is 0.0206. The first-order valence-corrected chi connectivity index (χ1v) is 6.03. The van der Waals surface area contributed by atoms with Gasteiger partial charge in [0.2, 0.25) is 5.89 Å². The van der Waals surface area contributed by atoms with Crippen molar-refractivity contribution in [3.05, 3.63) is 46.3 Å². The third kappa shape index (κ3) is 2.22. The highest BCUT2D eigenvalue weighted by Gasteiger charge is 2.13. The minimum atomic E-state index is -0.647. The molecular formula is C12H8N2O2S. The summed E-state index contributed by atoms with van der Waals surface area (Å²) in [6, 6.07) is 10.9. The van der Waals surface area contributed by atoms with Crippen LogP contribution < -0.4 is 5.63 Å². The number of rotatable bonds is 2. The zero-order valence-corrected chi connectivity index (χ0v) is 9.82. The summed E-state index contributed by atoms with van der Waals surface area (Å²) in [7, 11) is 0. The highest BCUT2D eigenvalue weighted by molar-refractivity contribution is 7.98. The molecule has 0 saturated carbocycles. The van der Waals surface area contributed by atoms with Gasteiger partial charge in [-0.2, -0.15) is 5.26 Å². The molecule has 0 spiro atoms. The van der Waals surface area contributed by atoms with Gasteiger partial charge in [-0.25, -0.2) is 9.78 Å². The van der Waals surface area contributed by atoms with E-state index in [9.17, 15) is 4.79 Å². The van der Waals surface area contributed by atoms with Crippen molar-refractivity contribution in [3.8, 4) is 17.5 Å². The molecule has 0 unspecified atom stereocenters. The van der Waals surface area contributed by atoms with Gasteiger partial charge in [-0.05, 0) is 18.4 Å². The van der Waals surface area contributed by atoms with Crippen LogP contribution in [-0.4, -0.2) is 11.2 Å². The minimum Gasteiger partial charge on any atom is -0.403 e. The summed E-state index contributed by atoms with van der Waals surface area (Å²) < 4.78 is 5.03. The van der Waals surface area contributed by atoms with E-state index in [1.807, 2.05) is 18.2 Å². The normalized spacial score (nSPS) is 9.88. The fourth-order valence-corrected chi connectivity index (χ4v) is 1.85. The molecule has 0 aliphatic rings. The highest BCUT2D eigenvalue weighted by Crippen LogP contribution is 2.20. The highest BCUT2D eigenvalue weighted by atomic mass is 32.2. The quantitative estimate of drug-likeness (QED) is 0.758. The largest absolute Gasteiger partial charge is 0.403 e. The predicted molar refractivity (Wildman–Crippen MR) is 64.7 cm³/mol. The molecule has 0 radical (unpaired) electrons. The molecule has 2 rings (SSSR count). The second-order valence-corrected chi connectivity index (χ2v) is 3.96. The number of thioether (sulfide) groups is 1. The van der Waals surface area contributed by atoms with Crippen LogP contribution in [0.1, 0.15) is 5.56 Å². The molecule has 0 atom stereocenters. The molecule has 0 aliphatic heterocycles. The van der Waals surface area contributed by atoms with E-state index in [4.69, 9.17) is 9.68 Å². The van der Waals surface area contributed by atoms with Crippen LogP contribution in [0.25, 0.3) is 11.5 Å². The number of benzene rings is 1. The maximum atomic E-state index is 11.6. The molecule has 1 aromatic carbocycles. The van der Waals surface area contributed by atoms with E-state index < -0.39 is 5.63 Å². The lowest BCUT2D eigenvalue weighted by Crippen LogP contribution is -2.08. The maximum absolute atomic E-state index is 11.6. The van der Waals surface area contributed by atoms with Crippen molar-refractivity contribution in [2.75, 3.05) is 6.26 Å². The van der Waals surface area contributed by atoms with E-state index in [2.05, 4.69) is 4.98 Å². The molecule has 0 aliphatic carbocycles. The molecule has 2 aromatic rings. The fraction of sp³-hybridized carbons (Fsp3) is 0.0833. The Kier molecular flexibility index (Phi) is 3.26. The molecule has 0 saturated heterocycles. The van der Waals surface area contributed by atoms with Gasteiger partial charge < -0.3 is 4.42 Å². The van der Waals surface area contributed by atoms with Crippen LogP contribution >= 0.6 is 11.8 Å². The van der Waals surface area contributed by atoms with Gasteiger partial charge in [-0.1, -0.05) is 18.2 Å². The summed E-state index contributed by atoms with van der Waals surface area (Å²) in [6.45, 7) is 0. The van der Waals surface area contributed by atoms with Crippen molar-refractivity contribution in [1.82, 2.24) is 4.98 Å². The van der Waals surface area contributed by atoms with E-state index >= 15 is 0 Å². The molecule has 1 aromatic heterocycles. The molecule has 0 amide bonds. The topological polar surface area (TPSA) is 66.9 Å².